The fourth-order valence-corrected chi connectivity index (χ4v) is 2.94. The van der Waals surface area contributed by atoms with Gasteiger partial charge in [-0.3, -0.25) is 4.99 Å². The minimum atomic E-state index is -0.597. The maximum atomic E-state index is 13.2. The zero-order chi connectivity index (χ0) is 12.6. The summed E-state index contributed by atoms with van der Waals surface area (Å²) >= 11 is 13.0. The van der Waals surface area contributed by atoms with Crippen LogP contribution in [0.25, 0.3) is 0 Å². The molecular formula is C11H11Cl2FN2S. The quantitative estimate of drug-likeness (QED) is 0.775. The van der Waals surface area contributed by atoms with Gasteiger partial charge in [0.25, 0.3) is 0 Å². The Labute approximate surface area is 114 Å². The molecule has 1 aromatic carbocycles. The number of thioether (sulfide) groups is 1. The van der Waals surface area contributed by atoms with Crippen molar-refractivity contribution in [1.29, 1.82) is 0 Å². The second-order valence-corrected chi connectivity index (χ2v) is 6.18. The molecule has 1 N–H and O–H groups in total. The van der Waals surface area contributed by atoms with Crippen LogP contribution in [-0.2, 0) is 0 Å². The van der Waals surface area contributed by atoms with Crippen LogP contribution in [0.4, 0.5) is 10.1 Å². The Hall–Kier alpha value is -0.450. The highest BCUT2D eigenvalue weighted by atomic mass is 35.5. The van der Waals surface area contributed by atoms with Gasteiger partial charge < -0.3 is 5.32 Å². The topological polar surface area (TPSA) is 24.4 Å². The third-order valence-corrected chi connectivity index (χ3v) is 4.07. The number of halogens is 3. The molecule has 92 valence electrons. The number of hydrogen-bond acceptors (Lipinski definition) is 3. The summed E-state index contributed by atoms with van der Waals surface area (Å²) in [6.07, 6.45) is 0. The molecule has 0 amide bonds. The molecule has 6 heteroatoms. The van der Waals surface area contributed by atoms with Gasteiger partial charge in [0.1, 0.15) is 0 Å². The van der Waals surface area contributed by atoms with E-state index >= 15 is 0 Å². The van der Waals surface area contributed by atoms with Crippen molar-refractivity contribution in [2.45, 2.75) is 19.4 Å². The Morgan fingerprint density at radius 1 is 1.35 bits per heavy atom. The predicted molar refractivity (Wildman–Crippen MR) is 74.0 cm³/mol. The van der Waals surface area contributed by atoms with Crippen LogP contribution in [0.5, 0.6) is 0 Å². The van der Waals surface area contributed by atoms with E-state index in [0.29, 0.717) is 5.69 Å². The molecule has 1 aromatic rings. The maximum Gasteiger partial charge on any atom is 0.161 e. The fraction of sp³-hybridized carbons (Fsp3) is 0.364. The summed E-state index contributed by atoms with van der Waals surface area (Å²) in [6, 6.07) is 2.99. The summed E-state index contributed by atoms with van der Waals surface area (Å²) < 4.78 is 13.2. The molecule has 2 nitrogen and oxygen atoms in total. The van der Waals surface area contributed by atoms with E-state index in [2.05, 4.69) is 24.2 Å². The zero-order valence-electron chi connectivity index (χ0n) is 9.35. The third kappa shape index (κ3) is 3.06. The lowest BCUT2D eigenvalue weighted by atomic mass is 10.1. The first kappa shape index (κ1) is 13.0. The molecule has 0 saturated heterocycles. The van der Waals surface area contributed by atoms with E-state index in [0.717, 1.165) is 10.9 Å². The Morgan fingerprint density at radius 3 is 2.41 bits per heavy atom. The first-order valence-electron chi connectivity index (χ1n) is 5.02. The van der Waals surface area contributed by atoms with E-state index < -0.39 is 5.82 Å². The highest BCUT2D eigenvalue weighted by molar-refractivity contribution is 8.14. The largest absolute Gasteiger partial charge is 0.335 e. The molecule has 1 aliphatic rings. The number of aliphatic imine (C=N–C) groups is 1. The second-order valence-electron chi connectivity index (χ2n) is 4.40. The number of hydrogen-bond donors (Lipinski definition) is 1. The molecular weight excluding hydrogens is 282 g/mol. The van der Waals surface area contributed by atoms with E-state index in [1.165, 1.54) is 12.1 Å². The Morgan fingerprint density at radius 2 is 1.94 bits per heavy atom. The Balaban J connectivity index is 2.21. The molecule has 17 heavy (non-hydrogen) atoms. The lowest BCUT2D eigenvalue weighted by molar-refractivity contribution is 0.605. The number of benzene rings is 1. The lowest BCUT2D eigenvalue weighted by Crippen LogP contribution is -2.15. The van der Waals surface area contributed by atoms with Crippen molar-refractivity contribution in [3.8, 4) is 0 Å². The van der Waals surface area contributed by atoms with Gasteiger partial charge in [-0.1, -0.05) is 35.0 Å². The predicted octanol–water partition coefficient (Wildman–Crippen LogP) is 4.43. The van der Waals surface area contributed by atoms with E-state index in [1.807, 2.05) is 0 Å². The maximum absolute atomic E-state index is 13.2. The smallest absolute Gasteiger partial charge is 0.161 e. The standard InChI is InChI=1S/C11H11Cl2FN2S/c1-11(2)5-17-10(16-11)15-6-3-7(12)9(14)8(13)4-6/h3-4H,5H2,1-2H3,(H,15,16). The fourth-order valence-electron chi connectivity index (χ4n) is 1.40. The summed E-state index contributed by atoms with van der Waals surface area (Å²) in [5.41, 5.74) is 0.575. The van der Waals surface area contributed by atoms with E-state index in [-0.39, 0.29) is 15.6 Å². The van der Waals surface area contributed by atoms with Gasteiger partial charge in [0.15, 0.2) is 11.0 Å². The molecule has 2 rings (SSSR count). The number of anilines is 1. The highest BCUT2D eigenvalue weighted by Gasteiger charge is 2.25. The number of rotatable bonds is 1. The van der Waals surface area contributed by atoms with Gasteiger partial charge >= 0.3 is 0 Å². The molecule has 1 heterocycles. The third-order valence-electron chi connectivity index (χ3n) is 2.20. The number of amidine groups is 1. The van der Waals surface area contributed by atoms with E-state index in [1.54, 1.807) is 11.8 Å². The monoisotopic (exact) mass is 292 g/mol. The lowest BCUT2D eigenvalue weighted by Gasteiger charge is -2.09. The van der Waals surface area contributed by atoms with Crippen LogP contribution < -0.4 is 5.32 Å². The van der Waals surface area contributed by atoms with Crippen molar-refractivity contribution in [3.63, 3.8) is 0 Å². The number of nitrogens with zero attached hydrogens (tertiary/aromatic N) is 1. The molecule has 0 saturated carbocycles. The minimum absolute atomic E-state index is 0.00265. The molecule has 0 spiro atoms. The number of nitrogens with one attached hydrogen (secondary N) is 1. The van der Waals surface area contributed by atoms with Gasteiger partial charge in [-0.25, -0.2) is 4.39 Å². The Bertz CT molecular complexity index is 465. The van der Waals surface area contributed by atoms with Crippen LogP contribution in [0.3, 0.4) is 0 Å². The second kappa shape index (κ2) is 4.67. The van der Waals surface area contributed by atoms with Gasteiger partial charge in [-0.05, 0) is 26.0 Å². The van der Waals surface area contributed by atoms with Crippen molar-refractivity contribution in [3.05, 3.63) is 28.0 Å². The van der Waals surface area contributed by atoms with Gasteiger partial charge in [-0.2, -0.15) is 0 Å². The van der Waals surface area contributed by atoms with Crippen molar-refractivity contribution >= 4 is 45.8 Å². The van der Waals surface area contributed by atoms with Crippen LogP contribution in [0, 0.1) is 5.82 Å². The molecule has 0 bridgehead atoms. The molecule has 0 aliphatic carbocycles. The molecule has 0 atom stereocenters. The molecule has 1 aliphatic heterocycles. The normalized spacial score (nSPS) is 18.1. The van der Waals surface area contributed by atoms with Crippen molar-refractivity contribution in [2.24, 2.45) is 4.99 Å². The van der Waals surface area contributed by atoms with Crippen molar-refractivity contribution < 1.29 is 4.39 Å². The van der Waals surface area contributed by atoms with Crippen LogP contribution in [-0.4, -0.2) is 16.5 Å². The van der Waals surface area contributed by atoms with Gasteiger partial charge in [-0.15, -0.1) is 0 Å². The minimum Gasteiger partial charge on any atom is -0.335 e. The Kier molecular flexibility index (Phi) is 3.57. The SMILES string of the molecule is CC1(C)CSC(Nc2cc(Cl)c(F)c(Cl)c2)=N1. The molecule has 0 aromatic heterocycles. The summed E-state index contributed by atoms with van der Waals surface area (Å²) in [7, 11) is 0. The van der Waals surface area contributed by atoms with Crippen LogP contribution in [0.2, 0.25) is 10.0 Å². The summed E-state index contributed by atoms with van der Waals surface area (Å²) in [6.45, 7) is 4.11. The van der Waals surface area contributed by atoms with Crippen molar-refractivity contribution in [2.75, 3.05) is 11.1 Å². The average Bonchev–Trinajstić information content (AvgIpc) is 2.54. The molecule has 0 radical (unpaired) electrons. The van der Waals surface area contributed by atoms with E-state index in [4.69, 9.17) is 23.2 Å². The molecule has 0 unspecified atom stereocenters. The van der Waals surface area contributed by atoms with Gasteiger partial charge in [0.2, 0.25) is 0 Å². The average molecular weight is 293 g/mol. The van der Waals surface area contributed by atoms with Crippen LogP contribution >= 0.6 is 35.0 Å². The van der Waals surface area contributed by atoms with Crippen LogP contribution in [0.1, 0.15) is 13.8 Å². The van der Waals surface area contributed by atoms with Gasteiger partial charge in [0.05, 0.1) is 15.6 Å². The highest BCUT2D eigenvalue weighted by Crippen LogP contribution is 2.31. The first-order chi connectivity index (χ1) is 7.87. The van der Waals surface area contributed by atoms with Gasteiger partial charge in [0, 0.05) is 11.4 Å². The van der Waals surface area contributed by atoms with Crippen LogP contribution in [0.15, 0.2) is 17.1 Å². The molecule has 0 fully saturated rings. The zero-order valence-corrected chi connectivity index (χ0v) is 11.7. The summed E-state index contributed by atoms with van der Waals surface area (Å²) in [4.78, 5) is 4.49. The van der Waals surface area contributed by atoms with E-state index in [9.17, 15) is 4.39 Å². The van der Waals surface area contributed by atoms with Crippen molar-refractivity contribution in [1.82, 2.24) is 0 Å². The summed E-state index contributed by atoms with van der Waals surface area (Å²) in [5, 5.41) is 3.89. The first-order valence-corrected chi connectivity index (χ1v) is 6.76. The summed E-state index contributed by atoms with van der Waals surface area (Å²) in [5.74, 6) is 0.318.